The number of carbonyl (C=O) groups is 1. The van der Waals surface area contributed by atoms with E-state index in [1.54, 1.807) is 0 Å². The van der Waals surface area contributed by atoms with E-state index in [-0.39, 0.29) is 11.6 Å². The molecule has 0 N–H and O–H groups in total. The first-order valence-electron chi connectivity index (χ1n) is 4.28. The van der Waals surface area contributed by atoms with Crippen LogP contribution in [0.15, 0.2) is 0 Å². The van der Waals surface area contributed by atoms with Crippen LogP contribution < -0.4 is 0 Å². The van der Waals surface area contributed by atoms with Crippen molar-refractivity contribution in [2.75, 3.05) is 5.75 Å². The minimum absolute atomic E-state index is 0.107. The van der Waals surface area contributed by atoms with E-state index in [4.69, 9.17) is 4.74 Å². The first kappa shape index (κ1) is 11.8. The molecule has 12 heavy (non-hydrogen) atoms. The quantitative estimate of drug-likeness (QED) is 0.418. The predicted molar refractivity (Wildman–Crippen MR) is 53.5 cm³/mol. The van der Waals surface area contributed by atoms with Crippen molar-refractivity contribution in [1.82, 2.24) is 0 Å². The van der Waals surface area contributed by atoms with Gasteiger partial charge >= 0.3 is 5.97 Å². The summed E-state index contributed by atoms with van der Waals surface area (Å²) in [5.41, 5.74) is -0.349. The molecule has 0 spiro atoms. The van der Waals surface area contributed by atoms with Crippen LogP contribution in [-0.2, 0) is 9.53 Å². The Bertz CT molecular complexity index is 138. The third kappa shape index (κ3) is 7.92. The molecule has 0 aromatic carbocycles. The van der Waals surface area contributed by atoms with Gasteiger partial charge in [-0.15, -0.1) is 0 Å². The first-order chi connectivity index (χ1) is 5.45. The SMILES string of the molecule is CC(C)(C)OC(=O)CCCCS. The molecule has 3 heteroatoms. The third-order valence-corrected chi connectivity index (χ3v) is 1.53. The fourth-order valence-corrected chi connectivity index (χ4v) is 0.997. The molecular weight excluding hydrogens is 172 g/mol. The van der Waals surface area contributed by atoms with E-state index in [2.05, 4.69) is 12.6 Å². The monoisotopic (exact) mass is 190 g/mol. The number of ether oxygens (including phenoxy) is 1. The average Bonchev–Trinajstić information content (AvgIpc) is 1.84. The number of hydrogen-bond donors (Lipinski definition) is 1. The summed E-state index contributed by atoms with van der Waals surface area (Å²) in [6.07, 6.45) is 2.36. The van der Waals surface area contributed by atoms with Crippen LogP contribution in [0.5, 0.6) is 0 Å². The molecule has 0 bridgehead atoms. The number of carbonyl (C=O) groups excluding carboxylic acids is 1. The van der Waals surface area contributed by atoms with Crippen LogP contribution in [0.2, 0.25) is 0 Å². The van der Waals surface area contributed by atoms with Crippen LogP contribution >= 0.6 is 12.6 Å². The molecule has 0 aromatic rings. The zero-order valence-corrected chi connectivity index (χ0v) is 8.99. The van der Waals surface area contributed by atoms with Gasteiger partial charge in [0.25, 0.3) is 0 Å². The maximum atomic E-state index is 11.1. The Hall–Kier alpha value is -0.180. The van der Waals surface area contributed by atoms with Crippen LogP contribution in [0.3, 0.4) is 0 Å². The smallest absolute Gasteiger partial charge is 0.306 e. The van der Waals surface area contributed by atoms with Gasteiger partial charge in [-0.2, -0.15) is 12.6 Å². The molecule has 0 atom stereocenters. The average molecular weight is 190 g/mol. The first-order valence-corrected chi connectivity index (χ1v) is 4.91. The summed E-state index contributed by atoms with van der Waals surface area (Å²) in [7, 11) is 0. The van der Waals surface area contributed by atoms with Crippen molar-refractivity contribution in [3.8, 4) is 0 Å². The van der Waals surface area contributed by atoms with Crippen LogP contribution in [0.1, 0.15) is 40.0 Å². The summed E-state index contributed by atoms with van der Waals surface area (Å²) >= 11 is 4.06. The molecule has 0 aromatic heterocycles. The Morgan fingerprint density at radius 2 is 1.92 bits per heavy atom. The van der Waals surface area contributed by atoms with E-state index < -0.39 is 0 Å². The molecule has 0 unspecified atom stereocenters. The van der Waals surface area contributed by atoms with Gasteiger partial charge in [-0.1, -0.05) is 0 Å². The second-order valence-electron chi connectivity index (χ2n) is 3.77. The van der Waals surface area contributed by atoms with Crippen molar-refractivity contribution in [1.29, 1.82) is 0 Å². The van der Waals surface area contributed by atoms with Crippen LogP contribution in [-0.4, -0.2) is 17.3 Å². The van der Waals surface area contributed by atoms with E-state index in [1.165, 1.54) is 0 Å². The highest BCUT2D eigenvalue weighted by molar-refractivity contribution is 7.80. The lowest BCUT2D eigenvalue weighted by atomic mass is 10.2. The lowest BCUT2D eigenvalue weighted by Gasteiger charge is -2.19. The highest BCUT2D eigenvalue weighted by atomic mass is 32.1. The summed E-state index contributed by atoms with van der Waals surface area (Å²) in [6, 6.07) is 0. The molecule has 0 fully saturated rings. The molecule has 0 saturated carbocycles. The largest absolute Gasteiger partial charge is 0.460 e. The predicted octanol–water partition coefficient (Wildman–Crippen LogP) is 2.43. The molecule has 0 aliphatic heterocycles. The number of esters is 1. The topological polar surface area (TPSA) is 26.3 Å². The summed E-state index contributed by atoms with van der Waals surface area (Å²) in [6.45, 7) is 5.64. The maximum Gasteiger partial charge on any atom is 0.306 e. The summed E-state index contributed by atoms with van der Waals surface area (Å²) in [5.74, 6) is 0.729. The number of rotatable bonds is 4. The van der Waals surface area contributed by atoms with Crippen LogP contribution in [0.25, 0.3) is 0 Å². The van der Waals surface area contributed by atoms with Gasteiger partial charge in [-0.05, 0) is 39.4 Å². The lowest BCUT2D eigenvalue weighted by Crippen LogP contribution is -2.23. The van der Waals surface area contributed by atoms with E-state index in [9.17, 15) is 4.79 Å². The second kappa shape index (κ2) is 5.46. The highest BCUT2D eigenvalue weighted by Crippen LogP contribution is 2.09. The van der Waals surface area contributed by atoms with Crippen molar-refractivity contribution in [3.05, 3.63) is 0 Å². The van der Waals surface area contributed by atoms with Gasteiger partial charge in [-0.3, -0.25) is 4.79 Å². The molecule has 0 rings (SSSR count). The van der Waals surface area contributed by atoms with Crippen molar-refractivity contribution in [2.45, 2.75) is 45.6 Å². The Kier molecular flexibility index (Phi) is 5.38. The van der Waals surface area contributed by atoms with E-state index in [0.29, 0.717) is 6.42 Å². The van der Waals surface area contributed by atoms with Gasteiger partial charge in [0.1, 0.15) is 5.60 Å². The minimum atomic E-state index is -0.349. The van der Waals surface area contributed by atoms with Crippen LogP contribution in [0, 0.1) is 0 Å². The zero-order chi connectivity index (χ0) is 9.61. The van der Waals surface area contributed by atoms with E-state index in [1.807, 2.05) is 20.8 Å². The van der Waals surface area contributed by atoms with E-state index >= 15 is 0 Å². The van der Waals surface area contributed by atoms with Crippen molar-refractivity contribution < 1.29 is 9.53 Å². The lowest BCUT2D eigenvalue weighted by molar-refractivity contribution is -0.154. The normalized spacial score (nSPS) is 11.3. The molecule has 0 aliphatic rings. The number of unbranched alkanes of at least 4 members (excludes halogenated alkanes) is 1. The Morgan fingerprint density at radius 3 is 2.33 bits per heavy atom. The summed E-state index contributed by atoms with van der Waals surface area (Å²) < 4.78 is 5.12. The van der Waals surface area contributed by atoms with Gasteiger partial charge in [-0.25, -0.2) is 0 Å². The van der Waals surface area contributed by atoms with Crippen molar-refractivity contribution in [2.24, 2.45) is 0 Å². The van der Waals surface area contributed by atoms with Gasteiger partial charge < -0.3 is 4.74 Å². The van der Waals surface area contributed by atoms with Gasteiger partial charge in [0.05, 0.1) is 0 Å². The maximum absolute atomic E-state index is 11.1. The molecule has 0 heterocycles. The molecule has 0 amide bonds. The van der Waals surface area contributed by atoms with Crippen LogP contribution in [0.4, 0.5) is 0 Å². The summed E-state index contributed by atoms with van der Waals surface area (Å²) in [5, 5.41) is 0. The van der Waals surface area contributed by atoms with Crippen molar-refractivity contribution in [3.63, 3.8) is 0 Å². The Labute approximate surface area is 80.1 Å². The van der Waals surface area contributed by atoms with Gasteiger partial charge in [0, 0.05) is 6.42 Å². The highest BCUT2D eigenvalue weighted by Gasteiger charge is 2.15. The third-order valence-electron chi connectivity index (χ3n) is 1.21. The fourth-order valence-electron chi connectivity index (χ4n) is 0.774. The minimum Gasteiger partial charge on any atom is -0.460 e. The number of thiol groups is 1. The van der Waals surface area contributed by atoms with E-state index in [0.717, 1.165) is 18.6 Å². The molecule has 0 radical (unpaired) electrons. The molecule has 72 valence electrons. The van der Waals surface area contributed by atoms with Gasteiger partial charge in [0.2, 0.25) is 0 Å². The standard InChI is InChI=1S/C9H18O2S/c1-9(2,3)11-8(10)6-4-5-7-12/h12H,4-7H2,1-3H3. The fraction of sp³-hybridized carbons (Fsp3) is 0.889. The van der Waals surface area contributed by atoms with Crippen molar-refractivity contribution >= 4 is 18.6 Å². The van der Waals surface area contributed by atoms with Gasteiger partial charge in [0.15, 0.2) is 0 Å². The molecule has 2 nitrogen and oxygen atoms in total. The Morgan fingerprint density at radius 1 is 1.33 bits per heavy atom. The molecule has 0 saturated heterocycles. The zero-order valence-electron chi connectivity index (χ0n) is 8.09. The second-order valence-corrected chi connectivity index (χ2v) is 4.21. The number of hydrogen-bond acceptors (Lipinski definition) is 3. The molecular formula is C9H18O2S. The summed E-state index contributed by atoms with van der Waals surface area (Å²) in [4.78, 5) is 11.1. The molecule has 0 aliphatic carbocycles. The Balaban J connectivity index is 3.47.